The summed E-state index contributed by atoms with van der Waals surface area (Å²) in [5.74, 6) is -2.27. The van der Waals surface area contributed by atoms with Crippen molar-refractivity contribution >= 4 is 11.9 Å². The van der Waals surface area contributed by atoms with Gasteiger partial charge < -0.3 is 19.7 Å². The molecule has 0 spiro atoms. The van der Waals surface area contributed by atoms with Gasteiger partial charge in [-0.2, -0.15) is 0 Å². The van der Waals surface area contributed by atoms with Crippen molar-refractivity contribution in [2.45, 2.75) is 12.8 Å². The predicted molar refractivity (Wildman–Crippen MR) is 86.0 cm³/mol. The third kappa shape index (κ3) is 5.86. The number of morpholine rings is 2. The lowest BCUT2D eigenvalue weighted by Crippen LogP contribution is -2.38. The topological polar surface area (TPSA) is 99.5 Å². The smallest absolute Gasteiger partial charge is 0.332 e. The first-order chi connectivity index (χ1) is 11.6. The van der Waals surface area contributed by atoms with Gasteiger partial charge in [0.05, 0.1) is 26.4 Å². The molecule has 0 atom stereocenters. The normalized spacial score (nSPS) is 21.3. The van der Waals surface area contributed by atoms with E-state index in [-0.39, 0.29) is 24.0 Å². The lowest BCUT2D eigenvalue weighted by Gasteiger charge is -2.27. The summed E-state index contributed by atoms with van der Waals surface area (Å²) in [6, 6.07) is 0. The van der Waals surface area contributed by atoms with E-state index in [0.29, 0.717) is 39.5 Å². The molecule has 0 saturated carbocycles. The van der Waals surface area contributed by atoms with E-state index in [2.05, 4.69) is 9.80 Å². The molecule has 136 valence electrons. The average Bonchev–Trinajstić information content (AvgIpc) is 2.59. The summed E-state index contributed by atoms with van der Waals surface area (Å²) in [6.45, 7) is 6.63. The number of ether oxygens (including phenoxy) is 2. The highest BCUT2D eigenvalue weighted by Crippen LogP contribution is 2.16. The Kier molecular flexibility index (Phi) is 7.64. The molecule has 0 aromatic rings. The van der Waals surface area contributed by atoms with Crippen LogP contribution in [-0.4, -0.2) is 97.6 Å². The van der Waals surface area contributed by atoms with E-state index in [4.69, 9.17) is 9.47 Å². The predicted octanol–water partition coefficient (Wildman–Crippen LogP) is -0.103. The highest BCUT2D eigenvalue weighted by Gasteiger charge is 2.22. The molecule has 0 amide bonds. The van der Waals surface area contributed by atoms with Gasteiger partial charge in [0, 0.05) is 50.4 Å². The number of aliphatic carboxylic acids is 2. The first-order valence-electron chi connectivity index (χ1n) is 8.36. The monoisotopic (exact) mass is 342 g/mol. The van der Waals surface area contributed by atoms with Gasteiger partial charge >= 0.3 is 11.9 Å². The van der Waals surface area contributed by atoms with Crippen molar-refractivity contribution in [1.29, 1.82) is 0 Å². The molecule has 2 aliphatic rings. The zero-order valence-electron chi connectivity index (χ0n) is 13.9. The van der Waals surface area contributed by atoms with Crippen molar-refractivity contribution in [1.82, 2.24) is 9.80 Å². The number of hydrogen-bond acceptors (Lipinski definition) is 6. The van der Waals surface area contributed by atoms with Crippen LogP contribution in [0.5, 0.6) is 0 Å². The van der Waals surface area contributed by atoms with Crippen LogP contribution in [0.4, 0.5) is 0 Å². The SMILES string of the molecule is O=C(O)/C(CCN1CCOCC1)=C(\CCN1CCOCC1)C(=O)O. The minimum absolute atomic E-state index is 0.0160. The zero-order valence-corrected chi connectivity index (χ0v) is 13.9. The molecule has 0 aromatic carbocycles. The van der Waals surface area contributed by atoms with Crippen molar-refractivity contribution in [3.63, 3.8) is 0 Å². The van der Waals surface area contributed by atoms with Crippen LogP contribution in [0.2, 0.25) is 0 Å². The maximum Gasteiger partial charge on any atom is 0.332 e. The summed E-state index contributed by atoms with van der Waals surface area (Å²) in [7, 11) is 0. The molecule has 2 fully saturated rings. The Bertz CT molecular complexity index is 425. The highest BCUT2D eigenvalue weighted by molar-refractivity contribution is 5.98. The third-order valence-electron chi connectivity index (χ3n) is 4.44. The molecule has 2 heterocycles. The summed E-state index contributed by atoms with van der Waals surface area (Å²) < 4.78 is 10.5. The summed E-state index contributed by atoms with van der Waals surface area (Å²) >= 11 is 0. The maximum absolute atomic E-state index is 11.6. The Morgan fingerprint density at radius 2 is 1.04 bits per heavy atom. The van der Waals surface area contributed by atoms with Crippen molar-refractivity contribution in [2.75, 3.05) is 65.7 Å². The number of rotatable bonds is 8. The third-order valence-corrected chi connectivity index (χ3v) is 4.44. The van der Waals surface area contributed by atoms with Crippen LogP contribution in [-0.2, 0) is 19.1 Å². The quantitative estimate of drug-likeness (QED) is 0.590. The molecule has 2 N–H and O–H groups in total. The van der Waals surface area contributed by atoms with Crippen LogP contribution < -0.4 is 0 Å². The Hall–Kier alpha value is -1.48. The Morgan fingerprint density at radius 1 is 0.708 bits per heavy atom. The van der Waals surface area contributed by atoms with Crippen LogP contribution in [0.25, 0.3) is 0 Å². The molecule has 8 heteroatoms. The first kappa shape index (κ1) is 18.9. The van der Waals surface area contributed by atoms with Gasteiger partial charge in [-0.1, -0.05) is 0 Å². The summed E-state index contributed by atoms with van der Waals surface area (Å²) in [5, 5.41) is 18.9. The fourth-order valence-corrected chi connectivity index (χ4v) is 2.96. The van der Waals surface area contributed by atoms with Crippen molar-refractivity contribution in [2.24, 2.45) is 0 Å². The average molecular weight is 342 g/mol. The van der Waals surface area contributed by atoms with Gasteiger partial charge in [0.15, 0.2) is 0 Å². The molecule has 0 unspecified atom stereocenters. The lowest BCUT2D eigenvalue weighted by atomic mass is 10.0. The summed E-state index contributed by atoms with van der Waals surface area (Å²) in [4.78, 5) is 27.4. The van der Waals surface area contributed by atoms with Crippen molar-refractivity contribution in [3.05, 3.63) is 11.1 Å². The van der Waals surface area contributed by atoms with E-state index in [1.54, 1.807) is 0 Å². The standard InChI is InChI=1S/C16H26N2O6/c19-15(20)13(1-3-17-5-9-23-10-6-17)14(16(21)22)2-4-18-7-11-24-12-8-18/h1-12H2,(H,19,20)(H,21,22)/b14-13+. The van der Waals surface area contributed by atoms with E-state index in [9.17, 15) is 19.8 Å². The van der Waals surface area contributed by atoms with E-state index >= 15 is 0 Å². The summed E-state index contributed by atoms with van der Waals surface area (Å²) in [6.07, 6.45) is 0.472. The highest BCUT2D eigenvalue weighted by atomic mass is 16.5. The van der Waals surface area contributed by atoms with Gasteiger partial charge in [0.25, 0.3) is 0 Å². The van der Waals surface area contributed by atoms with Crippen molar-refractivity contribution < 1.29 is 29.3 Å². The van der Waals surface area contributed by atoms with Gasteiger partial charge in [0.1, 0.15) is 0 Å². The number of carbonyl (C=O) groups is 2. The molecule has 2 aliphatic heterocycles. The van der Waals surface area contributed by atoms with Crippen LogP contribution in [0, 0.1) is 0 Å². The minimum Gasteiger partial charge on any atom is -0.478 e. The van der Waals surface area contributed by atoms with Crippen LogP contribution in [0.3, 0.4) is 0 Å². The number of hydrogen-bond donors (Lipinski definition) is 2. The Labute approximate surface area is 141 Å². The van der Waals surface area contributed by atoms with E-state index < -0.39 is 11.9 Å². The fourth-order valence-electron chi connectivity index (χ4n) is 2.96. The van der Waals surface area contributed by atoms with Gasteiger partial charge in [-0.3, -0.25) is 9.80 Å². The second kappa shape index (κ2) is 9.73. The second-order valence-electron chi connectivity index (χ2n) is 5.98. The molecular weight excluding hydrogens is 316 g/mol. The molecule has 0 aliphatic carbocycles. The van der Waals surface area contributed by atoms with Gasteiger partial charge in [-0.25, -0.2) is 9.59 Å². The van der Waals surface area contributed by atoms with Gasteiger partial charge in [-0.15, -0.1) is 0 Å². The van der Waals surface area contributed by atoms with E-state index in [1.165, 1.54) is 0 Å². The van der Waals surface area contributed by atoms with Gasteiger partial charge in [-0.05, 0) is 12.8 Å². The van der Waals surface area contributed by atoms with E-state index in [0.717, 1.165) is 26.2 Å². The Morgan fingerprint density at radius 3 is 1.33 bits per heavy atom. The van der Waals surface area contributed by atoms with Crippen LogP contribution in [0.15, 0.2) is 11.1 Å². The molecular formula is C16H26N2O6. The fraction of sp³-hybridized carbons (Fsp3) is 0.750. The van der Waals surface area contributed by atoms with E-state index in [1.807, 2.05) is 0 Å². The molecule has 2 saturated heterocycles. The van der Waals surface area contributed by atoms with Crippen LogP contribution in [0.1, 0.15) is 12.8 Å². The van der Waals surface area contributed by atoms with Crippen molar-refractivity contribution in [3.8, 4) is 0 Å². The summed E-state index contributed by atoms with van der Waals surface area (Å²) in [5.41, 5.74) is 0.0319. The number of nitrogens with zero attached hydrogens (tertiary/aromatic N) is 2. The zero-order chi connectivity index (χ0) is 17.4. The molecule has 0 aromatic heterocycles. The largest absolute Gasteiger partial charge is 0.478 e. The Balaban J connectivity index is 1.98. The minimum atomic E-state index is -1.14. The first-order valence-corrected chi connectivity index (χ1v) is 8.36. The number of carboxylic acids is 2. The molecule has 24 heavy (non-hydrogen) atoms. The lowest BCUT2D eigenvalue weighted by molar-refractivity contribution is -0.136. The second-order valence-corrected chi connectivity index (χ2v) is 5.98. The van der Waals surface area contributed by atoms with Crippen LogP contribution >= 0.6 is 0 Å². The number of carboxylic acid groups (broad SMARTS) is 2. The maximum atomic E-state index is 11.6. The molecule has 8 nitrogen and oxygen atoms in total. The molecule has 0 bridgehead atoms. The molecule has 2 rings (SSSR count). The van der Waals surface area contributed by atoms with Gasteiger partial charge in [0.2, 0.25) is 0 Å². The molecule has 0 radical (unpaired) electrons.